The Balaban J connectivity index is 1.41. The van der Waals surface area contributed by atoms with E-state index in [4.69, 9.17) is 9.47 Å². The maximum Gasteiger partial charge on any atom is 0.426 e. The summed E-state index contributed by atoms with van der Waals surface area (Å²) >= 11 is 0. The van der Waals surface area contributed by atoms with Gasteiger partial charge >= 0.3 is 6.09 Å². The summed E-state index contributed by atoms with van der Waals surface area (Å²) in [5.41, 5.74) is 5.08. The summed E-state index contributed by atoms with van der Waals surface area (Å²) in [5, 5.41) is 20.7. The molecule has 0 radical (unpaired) electrons. The van der Waals surface area contributed by atoms with E-state index in [1.165, 1.54) is 4.57 Å². The summed E-state index contributed by atoms with van der Waals surface area (Å²) in [7, 11) is 0. The van der Waals surface area contributed by atoms with Crippen LogP contribution < -0.4 is 10.9 Å². The van der Waals surface area contributed by atoms with E-state index in [9.17, 15) is 19.8 Å². The van der Waals surface area contributed by atoms with Crippen LogP contribution in [0.15, 0.2) is 12.2 Å². The number of unbranched alkanes of at least 4 members (excludes halogenated alkanes) is 1. The van der Waals surface area contributed by atoms with E-state index in [0.29, 0.717) is 30.5 Å². The van der Waals surface area contributed by atoms with Crippen LogP contribution in [0, 0.1) is 0 Å². The molecule has 2 unspecified atom stereocenters. The fourth-order valence-corrected chi connectivity index (χ4v) is 3.23. The highest BCUT2D eigenvalue weighted by molar-refractivity contribution is 5.79. The minimum absolute atomic E-state index is 0.00962. The van der Waals surface area contributed by atoms with Gasteiger partial charge in [-0.25, -0.2) is 10.2 Å². The van der Waals surface area contributed by atoms with Crippen molar-refractivity contribution in [2.45, 2.75) is 64.4 Å². The second kappa shape index (κ2) is 7.15. The highest BCUT2D eigenvalue weighted by atomic mass is 16.6. The summed E-state index contributed by atoms with van der Waals surface area (Å²) in [6.07, 6.45) is 3.66. The zero-order valence-corrected chi connectivity index (χ0v) is 15.6. The van der Waals surface area contributed by atoms with E-state index in [-0.39, 0.29) is 36.3 Å². The molecule has 9 nitrogen and oxygen atoms in total. The number of nitrogens with one attached hydrogen (secondary N) is 2. The molecular formula is C18H25N3O6. The number of nitrogens with zero attached hydrogens (tertiary/aromatic N) is 1. The SMILES string of the molecule is CC(C)(C)OC(=O)NNC(=O)CCCCn1c(O)c2c(c1O)C1C=CC2O1. The van der Waals surface area contributed by atoms with Crippen molar-refractivity contribution in [3.05, 3.63) is 23.3 Å². The van der Waals surface area contributed by atoms with Gasteiger partial charge in [0.05, 0.1) is 11.1 Å². The van der Waals surface area contributed by atoms with Crippen LogP contribution in [-0.4, -0.2) is 32.4 Å². The van der Waals surface area contributed by atoms with Crippen molar-refractivity contribution >= 4 is 12.0 Å². The van der Waals surface area contributed by atoms with E-state index >= 15 is 0 Å². The van der Waals surface area contributed by atoms with Crippen molar-refractivity contribution in [3.63, 3.8) is 0 Å². The van der Waals surface area contributed by atoms with Crippen LogP contribution in [0.5, 0.6) is 11.8 Å². The minimum Gasteiger partial charge on any atom is -0.494 e. The van der Waals surface area contributed by atoms with Gasteiger partial charge in [-0.3, -0.25) is 14.8 Å². The normalized spacial score (nSPS) is 19.8. The number of amides is 2. The first-order chi connectivity index (χ1) is 12.7. The fraction of sp³-hybridized carbons (Fsp3) is 0.556. The number of aromatic hydroxyl groups is 2. The average Bonchev–Trinajstić information content (AvgIpc) is 3.24. The third kappa shape index (κ3) is 4.02. The smallest absolute Gasteiger partial charge is 0.426 e. The largest absolute Gasteiger partial charge is 0.494 e. The Kier molecular flexibility index (Phi) is 5.05. The number of hydrazine groups is 1. The molecule has 2 amide bonds. The fourth-order valence-electron chi connectivity index (χ4n) is 3.23. The Bertz CT molecular complexity index is 742. The molecule has 0 aromatic carbocycles. The van der Waals surface area contributed by atoms with Crippen LogP contribution in [0.3, 0.4) is 0 Å². The maximum absolute atomic E-state index is 11.8. The predicted octanol–water partition coefficient (Wildman–Crippen LogP) is 2.31. The van der Waals surface area contributed by atoms with Crippen LogP contribution in [0.2, 0.25) is 0 Å². The summed E-state index contributed by atoms with van der Waals surface area (Å²) in [6.45, 7) is 5.55. The van der Waals surface area contributed by atoms with E-state index in [2.05, 4.69) is 10.9 Å². The van der Waals surface area contributed by atoms with Crippen molar-refractivity contribution in [2.24, 2.45) is 0 Å². The highest BCUT2D eigenvalue weighted by Crippen LogP contribution is 2.54. The standard InChI is InChI=1S/C18H25N3O6/c1-18(2,3)27-17(25)20-19-12(22)6-4-5-9-21-15(23)13-10-7-8-11(26-10)14(13)16(21)24/h7-8,10-11,23-24H,4-6,9H2,1-3H3,(H,19,22)(H,20,25). The molecule has 27 heavy (non-hydrogen) atoms. The Hall–Kier alpha value is -2.68. The molecule has 2 aliphatic heterocycles. The Morgan fingerprint density at radius 1 is 1.11 bits per heavy atom. The van der Waals surface area contributed by atoms with Gasteiger partial charge in [0.1, 0.15) is 17.8 Å². The number of hydrogen-bond donors (Lipinski definition) is 4. The molecule has 4 N–H and O–H groups in total. The van der Waals surface area contributed by atoms with Gasteiger partial charge in [-0.1, -0.05) is 12.2 Å². The first-order valence-corrected chi connectivity index (χ1v) is 8.93. The molecular weight excluding hydrogens is 354 g/mol. The minimum atomic E-state index is -0.724. The average molecular weight is 379 g/mol. The van der Waals surface area contributed by atoms with Gasteiger partial charge in [0.2, 0.25) is 17.7 Å². The molecule has 0 saturated heterocycles. The predicted molar refractivity (Wildman–Crippen MR) is 94.8 cm³/mol. The molecule has 3 heterocycles. The Morgan fingerprint density at radius 2 is 1.70 bits per heavy atom. The number of rotatable bonds is 5. The van der Waals surface area contributed by atoms with Gasteiger partial charge in [-0.05, 0) is 33.6 Å². The monoisotopic (exact) mass is 379 g/mol. The number of aromatic nitrogens is 1. The lowest BCUT2D eigenvalue weighted by atomic mass is 10.0. The zero-order chi connectivity index (χ0) is 19.8. The molecule has 0 aliphatic carbocycles. The lowest BCUT2D eigenvalue weighted by Gasteiger charge is -2.19. The molecule has 1 aromatic rings. The Morgan fingerprint density at radius 3 is 2.26 bits per heavy atom. The quantitative estimate of drug-likeness (QED) is 0.354. The first-order valence-electron chi connectivity index (χ1n) is 8.93. The number of ether oxygens (including phenoxy) is 2. The number of hydrogen-bond acceptors (Lipinski definition) is 6. The molecule has 2 aliphatic rings. The van der Waals surface area contributed by atoms with Crippen LogP contribution in [-0.2, 0) is 20.8 Å². The summed E-state index contributed by atoms with van der Waals surface area (Å²) in [5.74, 6) is -0.328. The highest BCUT2D eigenvalue weighted by Gasteiger charge is 2.42. The molecule has 0 saturated carbocycles. The zero-order valence-electron chi connectivity index (χ0n) is 15.6. The number of carbonyl (C=O) groups is 2. The van der Waals surface area contributed by atoms with Crippen molar-refractivity contribution in [1.82, 2.24) is 15.4 Å². The lowest BCUT2D eigenvalue weighted by molar-refractivity contribution is -0.122. The molecule has 3 rings (SSSR count). The third-order valence-electron chi connectivity index (χ3n) is 4.34. The van der Waals surface area contributed by atoms with Gasteiger partial charge < -0.3 is 19.7 Å². The molecule has 9 heteroatoms. The molecule has 2 atom stereocenters. The van der Waals surface area contributed by atoms with Gasteiger partial charge in [0, 0.05) is 13.0 Å². The van der Waals surface area contributed by atoms with E-state index in [1.54, 1.807) is 20.8 Å². The van der Waals surface area contributed by atoms with Crippen molar-refractivity contribution < 1.29 is 29.3 Å². The van der Waals surface area contributed by atoms with Crippen LogP contribution in [0.25, 0.3) is 0 Å². The number of carbonyl (C=O) groups excluding carboxylic acids is 2. The molecule has 1 aromatic heterocycles. The summed E-state index contributed by atoms with van der Waals surface area (Å²) < 4.78 is 12.0. The van der Waals surface area contributed by atoms with Crippen molar-refractivity contribution in [3.8, 4) is 11.8 Å². The van der Waals surface area contributed by atoms with Crippen LogP contribution in [0.4, 0.5) is 4.79 Å². The van der Waals surface area contributed by atoms with Crippen molar-refractivity contribution in [1.29, 1.82) is 0 Å². The van der Waals surface area contributed by atoms with Gasteiger partial charge in [-0.15, -0.1) is 0 Å². The number of fused-ring (bicyclic) bond motifs is 5. The van der Waals surface area contributed by atoms with E-state index < -0.39 is 11.7 Å². The Labute approximate surface area is 156 Å². The van der Waals surface area contributed by atoms with E-state index in [1.807, 2.05) is 12.2 Å². The first kappa shape index (κ1) is 19.1. The van der Waals surface area contributed by atoms with Gasteiger partial charge in [0.15, 0.2) is 0 Å². The van der Waals surface area contributed by atoms with Gasteiger partial charge in [0.25, 0.3) is 0 Å². The molecule has 0 spiro atoms. The van der Waals surface area contributed by atoms with Crippen LogP contribution >= 0.6 is 0 Å². The van der Waals surface area contributed by atoms with E-state index in [0.717, 1.165) is 0 Å². The van der Waals surface area contributed by atoms with Gasteiger partial charge in [-0.2, -0.15) is 0 Å². The lowest BCUT2D eigenvalue weighted by Crippen LogP contribution is -2.44. The topological polar surface area (TPSA) is 122 Å². The summed E-state index contributed by atoms with van der Waals surface area (Å²) in [6, 6.07) is 0. The van der Waals surface area contributed by atoms with Crippen molar-refractivity contribution in [2.75, 3.05) is 0 Å². The molecule has 0 fully saturated rings. The summed E-state index contributed by atoms with van der Waals surface area (Å²) in [4.78, 5) is 23.2. The third-order valence-corrected chi connectivity index (χ3v) is 4.34. The second-order valence-corrected chi connectivity index (χ2v) is 7.62. The molecule has 148 valence electrons. The van der Waals surface area contributed by atoms with Crippen LogP contribution in [0.1, 0.15) is 63.4 Å². The second-order valence-electron chi connectivity index (χ2n) is 7.62. The maximum atomic E-state index is 11.8. The molecule has 2 bridgehead atoms.